The second kappa shape index (κ2) is 7.86. The molecule has 150 valence electrons. The fourth-order valence-corrected chi connectivity index (χ4v) is 4.36. The van der Waals surface area contributed by atoms with Gasteiger partial charge in [-0.15, -0.1) is 0 Å². The Balaban J connectivity index is 1.62. The molecule has 28 heavy (non-hydrogen) atoms. The van der Waals surface area contributed by atoms with Crippen LogP contribution in [0.2, 0.25) is 0 Å². The fourth-order valence-electron chi connectivity index (χ4n) is 2.72. The summed E-state index contributed by atoms with van der Waals surface area (Å²) in [4.78, 5) is 12.9. The maximum atomic E-state index is 13.7. The Labute approximate surface area is 167 Å². The number of aryl methyl sites for hydroxylation is 1. The van der Waals surface area contributed by atoms with E-state index >= 15 is 0 Å². The van der Waals surface area contributed by atoms with Crippen LogP contribution in [-0.2, 0) is 10.0 Å². The second-order valence-corrected chi connectivity index (χ2v) is 8.52. The highest BCUT2D eigenvalue weighted by Crippen LogP contribution is 2.21. The number of amides is 1. The molecule has 0 saturated carbocycles. The van der Waals surface area contributed by atoms with Gasteiger partial charge in [-0.1, -0.05) is 6.07 Å². The monoisotopic (exact) mass is 426 g/mol. The molecular weight excluding hydrogens is 407 g/mol. The number of primary amides is 1. The van der Waals surface area contributed by atoms with E-state index in [2.05, 4.69) is 5.32 Å². The van der Waals surface area contributed by atoms with Gasteiger partial charge in [0.1, 0.15) is 5.82 Å². The van der Waals surface area contributed by atoms with Crippen LogP contribution in [0.3, 0.4) is 0 Å². The van der Waals surface area contributed by atoms with Crippen molar-refractivity contribution in [2.75, 3.05) is 31.5 Å². The molecule has 1 aliphatic heterocycles. The van der Waals surface area contributed by atoms with Crippen LogP contribution in [0.5, 0.6) is 0 Å². The van der Waals surface area contributed by atoms with Crippen LogP contribution in [0.15, 0.2) is 39.8 Å². The Morgan fingerprint density at radius 1 is 1.21 bits per heavy atom. The van der Waals surface area contributed by atoms with E-state index in [1.54, 1.807) is 24.0 Å². The van der Waals surface area contributed by atoms with E-state index in [0.717, 1.165) is 0 Å². The van der Waals surface area contributed by atoms with Crippen molar-refractivity contribution in [2.45, 2.75) is 12.0 Å². The lowest BCUT2D eigenvalue weighted by molar-refractivity contribution is 0.0968. The zero-order chi connectivity index (χ0) is 20.5. The van der Waals surface area contributed by atoms with Gasteiger partial charge in [0, 0.05) is 31.9 Å². The largest absolute Gasteiger partial charge is 0.438 e. The van der Waals surface area contributed by atoms with Gasteiger partial charge >= 0.3 is 0 Å². The molecule has 8 nitrogen and oxygen atoms in total. The Kier molecular flexibility index (Phi) is 5.68. The summed E-state index contributed by atoms with van der Waals surface area (Å²) in [5.74, 6) is -1.39. The molecular formula is C17H19FN4O4S2. The number of thiocarbonyl (C=S) groups is 1. The third kappa shape index (κ3) is 4.16. The Hall–Kier alpha value is -2.50. The fraction of sp³-hybridized carbons (Fsp3) is 0.294. The molecule has 3 rings (SSSR count). The molecule has 0 atom stereocenters. The summed E-state index contributed by atoms with van der Waals surface area (Å²) in [6, 6.07) is 7.16. The number of anilines is 1. The molecule has 1 aliphatic rings. The number of nitrogens with two attached hydrogens (primary N) is 1. The van der Waals surface area contributed by atoms with Crippen LogP contribution in [-0.4, -0.2) is 54.8 Å². The van der Waals surface area contributed by atoms with E-state index in [1.807, 2.05) is 0 Å². The van der Waals surface area contributed by atoms with Gasteiger partial charge in [0.15, 0.2) is 10.9 Å². The number of piperazine rings is 1. The van der Waals surface area contributed by atoms with Crippen molar-refractivity contribution in [3.63, 3.8) is 0 Å². The van der Waals surface area contributed by atoms with Crippen LogP contribution < -0.4 is 11.1 Å². The molecule has 0 radical (unpaired) electrons. The Bertz CT molecular complexity index is 1010. The number of carbonyl (C=O) groups excluding carboxylic acids is 1. The lowest BCUT2D eigenvalue weighted by Crippen LogP contribution is -2.51. The molecule has 1 aromatic heterocycles. The van der Waals surface area contributed by atoms with E-state index in [-0.39, 0.29) is 29.8 Å². The van der Waals surface area contributed by atoms with Crippen molar-refractivity contribution in [1.29, 1.82) is 0 Å². The topological polar surface area (TPSA) is 109 Å². The number of carbonyl (C=O) groups is 1. The van der Waals surface area contributed by atoms with E-state index in [9.17, 15) is 17.6 Å². The van der Waals surface area contributed by atoms with Crippen molar-refractivity contribution in [1.82, 2.24) is 9.21 Å². The first-order valence-electron chi connectivity index (χ1n) is 8.40. The van der Waals surface area contributed by atoms with Crippen molar-refractivity contribution in [3.05, 3.63) is 47.5 Å². The third-order valence-corrected chi connectivity index (χ3v) is 6.50. The summed E-state index contributed by atoms with van der Waals surface area (Å²) in [6.07, 6.45) is 0. The highest BCUT2D eigenvalue weighted by atomic mass is 32.2. The van der Waals surface area contributed by atoms with E-state index < -0.39 is 15.9 Å². The second-order valence-electron chi connectivity index (χ2n) is 6.27. The first-order valence-corrected chi connectivity index (χ1v) is 10.2. The smallest absolute Gasteiger partial charge is 0.284 e. The van der Waals surface area contributed by atoms with Gasteiger partial charge in [-0.05, 0) is 49.0 Å². The minimum absolute atomic E-state index is 0.180. The number of rotatable bonds is 4. The summed E-state index contributed by atoms with van der Waals surface area (Å²) in [6.45, 7) is 2.73. The molecule has 2 heterocycles. The predicted molar refractivity (Wildman–Crippen MR) is 105 cm³/mol. The molecule has 1 saturated heterocycles. The number of hydrogen-bond acceptors (Lipinski definition) is 5. The Morgan fingerprint density at radius 2 is 1.89 bits per heavy atom. The predicted octanol–water partition coefficient (Wildman–Crippen LogP) is 1.53. The van der Waals surface area contributed by atoms with Crippen molar-refractivity contribution < 1.29 is 22.0 Å². The number of hydrogen-bond donors (Lipinski definition) is 2. The van der Waals surface area contributed by atoms with Gasteiger partial charge in [0.2, 0.25) is 5.09 Å². The molecule has 1 amide bonds. The zero-order valence-electron chi connectivity index (χ0n) is 15.0. The average Bonchev–Trinajstić information content (AvgIpc) is 3.16. The minimum atomic E-state index is -3.87. The molecule has 0 spiro atoms. The Morgan fingerprint density at radius 3 is 2.46 bits per heavy atom. The lowest BCUT2D eigenvalue weighted by atomic mass is 10.2. The van der Waals surface area contributed by atoms with Gasteiger partial charge in [0.25, 0.3) is 15.9 Å². The summed E-state index contributed by atoms with van der Waals surface area (Å²) in [5.41, 5.74) is 6.15. The van der Waals surface area contributed by atoms with Crippen LogP contribution in [0.1, 0.15) is 16.1 Å². The van der Waals surface area contributed by atoms with Gasteiger partial charge < -0.3 is 20.4 Å². The minimum Gasteiger partial charge on any atom is -0.438 e. The third-order valence-electron chi connectivity index (χ3n) is 4.37. The quantitative estimate of drug-likeness (QED) is 0.714. The normalized spacial score (nSPS) is 15.4. The first-order chi connectivity index (χ1) is 13.2. The number of furan rings is 1. The van der Waals surface area contributed by atoms with Crippen molar-refractivity contribution in [3.8, 4) is 0 Å². The zero-order valence-corrected chi connectivity index (χ0v) is 16.6. The molecule has 11 heteroatoms. The maximum Gasteiger partial charge on any atom is 0.284 e. The van der Waals surface area contributed by atoms with Crippen LogP contribution in [0.4, 0.5) is 10.1 Å². The van der Waals surface area contributed by atoms with E-state index in [0.29, 0.717) is 29.5 Å². The molecule has 1 fully saturated rings. The highest BCUT2D eigenvalue weighted by Gasteiger charge is 2.32. The van der Waals surface area contributed by atoms with Gasteiger partial charge in [-0.3, -0.25) is 4.79 Å². The van der Waals surface area contributed by atoms with Crippen LogP contribution in [0.25, 0.3) is 0 Å². The lowest BCUT2D eigenvalue weighted by Gasteiger charge is -2.35. The van der Waals surface area contributed by atoms with Gasteiger partial charge in [-0.2, -0.15) is 4.31 Å². The number of halogens is 1. The summed E-state index contributed by atoms with van der Waals surface area (Å²) < 4.78 is 45.2. The van der Waals surface area contributed by atoms with Gasteiger partial charge in [-0.25, -0.2) is 12.8 Å². The molecule has 1 aromatic carbocycles. The standard InChI is InChI=1S/C17H19FN4O4S2/c1-11-2-3-12(10-13(11)18)20-17(27)21-6-8-22(9-7-21)28(24,25)15-5-4-14(26-15)16(19)23/h2-5,10H,6-9H2,1H3,(H2,19,23)(H,20,27). The van der Waals surface area contributed by atoms with Crippen LogP contribution >= 0.6 is 12.2 Å². The summed E-state index contributed by atoms with van der Waals surface area (Å²) in [7, 11) is -3.87. The van der Waals surface area contributed by atoms with E-state index in [4.69, 9.17) is 22.4 Å². The van der Waals surface area contributed by atoms with Crippen molar-refractivity contribution >= 4 is 38.9 Å². The number of nitrogens with one attached hydrogen (secondary N) is 1. The molecule has 0 bridgehead atoms. The number of nitrogens with zero attached hydrogens (tertiary/aromatic N) is 2. The van der Waals surface area contributed by atoms with Crippen LogP contribution in [0, 0.1) is 12.7 Å². The highest BCUT2D eigenvalue weighted by molar-refractivity contribution is 7.89. The maximum absolute atomic E-state index is 13.7. The first kappa shape index (κ1) is 20.2. The van der Waals surface area contributed by atoms with Crippen molar-refractivity contribution in [2.24, 2.45) is 5.73 Å². The number of benzene rings is 1. The summed E-state index contributed by atoms with van der Waals surface area (Å²) >= 11 is 5.34. The SMILES string of the molecule is Cc1ccc(NC(=S)N2CCN(S(=O)(=O)c3ccc(C(N)=O)o3)CC2)cc1F. The average molecular weight is 426 g/mol. The molecule has 0 aliphatic carbocycles. The summed E-state index contributed by atoms with van der Waals surface area (Å²) in [5, 5.41) is 3.02. The molecule has 0 unspecified atom stereocenters. The molecule has 3 N–H and O–H groups in total. The number of sulfonamides is 1. The van der Waals surface area contributed by atoms with Gasteiger partial charge in [0.05, 0.1) is 0 Å². The van der Waals surface area contributed by atoms with E-state index in [1.165, 1.54) is 22.5 Å². The molecule has 2 aromatic rings.